The maximum absolute atomic E-state index is 12.5. The molecule has 2 N–H and O–H groups in total. The average Bonchev–Trinajstić information content (AvgIpc) is 3.03. The summed E-state index contributed by atoms with van der Waals surface area (Å²) in [5, 5.41) is 8.21. The molecular formula is C15H14ClF3N4O3. The van der Waals surface area contributed by atoms with Crippen LogP contribution in [0.3, 0.4) is 0 Å². The third kappa shape index (κ3) is 4.72. The molecule has 0 aliphatic carbocycles. The molecule has 0 atom stereocenters. The van der Waals surface area contributed by atoms with Gasteiger partial charge in [-0.25, -0.2) is 9.78 Å². The Morgan fingerprint density at radius 1 is 1.35 bits per heavy atom. The fraction of sp³-hybridized carbons (Fsp3) is 0.333. The van der Waals surface area contributed by atoms with E-state index >= 15 is 0 Å². The first-order chi connectivity index (χ1) is 12.1. The van der Waals surface area contributed by atoms with Crippen molar-refractivity contribution in [2.45, 2.75) is 25.9 Å². The third-order valence-corrected chi connectivity index (χ3v) is 3.51. The highest BCUT2D eigenvalue weighted by atomic mass is 35.5. The van der Waals surface area contributed by atoms with Gasteiger partial charge in [-0.15, -0.1) is 0 Å². The van der Waals surface area contributed by atoms with Crippen LogP contribution in [0.15, 0.2) is 18.5 Å². The third-order valence-electron chi connectivity index (χ3n) is 3.23. The fourth-order valence-electron chi connectivity index (χ4n) is 1.96. The molecule has 0 fully saturated rings. The smallest absolute Gasteiger partial charge is 0.417 e. The number of ether oxygens (including phenoxy) is 1. The number of hydrogen-bond donors (Lipinski definition) is 2. The molecule has 0 saturated carbocycles. The minimum absolute atomic E-state index is 0.0102. The molecule has 0 aromatic carbocycles. The highest BCUT2D eigenvalue weighted by molar-refractivity contribution is 6.33. The van der Waals surface area contributed by atoms with Gasteiger partial charge in [0.1, 0.15) is 5.56 Å². The number of carbonyl (C=O) groups excluding carboxylic acids is 2. The Balaban J connectivity index is 1.97. The molecule has 1 amide bonds. The van der Waals surface area contributed by atoms with Gasteiger partial charge < -0.3 is 10.1 Å². The van der Waals surface area contributed by atoms with E-state index in [2.05, 4.69) is 20.5 Å². The lowest BCUT2D eigenvalue weighted by Gasteiger charge is -2.10. The number of hydrogen-bond acceptors (Lipinski definition) is 5. The molecule has 7 nitrogen and oxygen atoms in total. The molecule has 0 radical (unpaired) electrons. The lowest BCUT2D eigenvalue weighted by molar-refractivity contribution is -0.137. The number of aromatic amines is 1. The fourth-order valence-corrected chi connectivity index (χ4v) is 2.17. The molecule has 0 bridgehead atoms. The second kappa shape index (κ2) is 7.73. The number of H-pyrrole nitrogens is 1. The molecule has 0 aliphatic heterocycles. The van der Waals surface area contributed by atoms with Crippen LogP contribution in [-0.2, 0) is 15.7 Å². The largest absolute Gasteiger partial charge is 0.452 e. The number of halogens is 4. The van der Waals surface area contributed by atoms with E-state index in [0.29, 0.717) is 18.0 Å². The average molecular weight is 391 g/mol. The molecule has 140 valence electrons. The Hall–Kier alpha value is -2.62. The lowest BCUT2D eigenvalue weighted by Crippen LogP contribution is -2.22. The van der Waals surface area contributed by atoms with E-state index < -0.39 is 35.2 Å². The normalized spacial score (nSPS) is 11.5. The molecule has 0 aliphatic rings. The number of aromatic nitrogens is 3. The van der Waals surface area contributed by atoms with Gasteiger partial charge in [0, 0.05) is 6.20 Å². The van der Waals surface area contributed by atoms with Gasteiger partial charge in [0.05, 0.1) is 22.5 Å². The molecule has 2 heterocycles. The Kier molecular flexibility index (Phi) is 5.86. The van der Waals surface area contributed by atoms with Gasteiger partial charge in [-0.3, -0.25) is 9.89 Å². The lowest BCUT2D eigenvalue weighted by atomic mass is 10.1. The van der Waals surface area contributed by atoms with Crippen molar-refractivity contribution >= 4 is 29.3 Å². The van der Waals surface area contributed by atoms with Crippen LogP contribution in [0.4, 0.5) is 19.0 Å². The first kappa shape index (κ1) is 19.7. The molecule has 26 heavy (non-hydrogen) atoms. The zero-order valence-electron chi connectivity index (χ0n) is 13.6. The zero-order valence-corrected chi connectivity index (χ0v) is 14.4. The molecule has 11 heteroatoms. The Labute approximate surface area is 150 Å². The molecule has 0 saturated heterocycles. The van der Waals surface area contributed by atoms with Crippen molar-refractivity contribution in [1.82, 2.24) is 15.2 Å². The van der Waals surface area contributed by atoms with Crippen LogP contribution in [0.1, 0.15) is 41.4 Å². The van der Waals surface area contributed by atoms with E-state index in [1.54, 1.807) is 0 Å². The van der Waals surface area contributed by atoms with Gasteiger partial charge in [0.25, 0.3) is 5.91 Å². The zero-order chi connectivity index (χ0) is 19.5. The maximum Gasteiger partial charge on any atom is 0.417 e. The molecule has 2 aromatic rings. The minimum Gasteiger partial charge on any atom is -0.452 e. The summed E-state index contributed by atoms with van der Waals surface area (Å²) in [4.78, 5) is 27.2. The van der Waals surface area contributed by atoms with Crippen molar-refractivity contribution in [2.24, 2.45) is 0 Å². The van der Waals surface area contributed by atoms with E-state index in [1.165, 1.54) is 6.20 Å². The van der Waals surface area contributed by atoms with E-state index in [1.807, 2.05) is 13.8 Å². The summed E-state index contributed by atoms with van der Waals surface area (Å²) in [6.07, 6.45) is -2.79. The van der Waals surface area contributed by atoms with Crippen molar-refractivity contribution in [1.29, 1.82) is 0 Å². The SMILES string of the molecule is CC(C)c1[nH]ncc1C(=O)OCC(=O)Nc1ncc(C(F)(F)F)cc1Cl. The van der Waals surface area contributed by atoms with Crippen molar-refractivity contribution in [3.05, 3.63) is 40.3 Å². The number of pyridine rings is 1. The van der Waals surface area contributed by atoms with Gasteiger partial charge in [0.15, 0.2) is 12.4 Å². The summed E-state index contributed by atoms with van der Waals surface area (Å²) in [6.45, 7) is 3.02. The summed E-state index contributed by atoms with van der Waals surface area (Å²) in [6, 6.07) is 0.635. The highest BCUT2D eigenvalue weighted by Gasteiger charge is 2.31. The van der Waals surface area contributed by atoms with Crippen molar-refractivity contribution in [2.75, 3.05) is 11.9 Å². The second-order valence-corrected chi connectivity index (χ2v) is 5.94. The number of carbonyl (C=O) groups is 2. The molecule has 2 rings (SSSR count). The topological polar surface area (TPSA) is 97.0 Å². The molecular weight excluding hydrogens is 377 g/mol. The highest BCUT2D eigenvalue weighted by Crippen LogP contribution is 2.32. The Bertz CT molecular complexity index is 821. The Morgan fingerprint density at radius 3 is 2.62 bits per heavy atom. The summed E-state index contributed by atoms with van der Waals surface area (Å²) >= 11 is 5.68. The number of rotatable bonds is 5. The van der Waals surface area contributed by atoms with Crippen molar-refractivity contribution < 1.29 is 27.5 Å². The van der Waals surface area contributed by atoms with Crippen LogP contribution in [0.25, 0.3) is 0 Å². The van der Waals surface area contributed by atoms with Crippen LogP contribution in [0.5, 0.6) is 0 Å². The Morgan fingerprint density at radius 2 is 2.04 bits per heavy atom. The van der Waals surface area contributed by atoms with Gasteiger partial charge >= 0.3 is 12.1 Å². The second-order valence-electron chi connectivity index (χ2n) is 5.53. The number of amides is 1. The van der Waals surface area contributed by atoms with Crippen LogP contribution >= 0.6 is 11.6 Å². The van der Waals surface area contributed by atoms with Gasteiger partial charge in [-0.2, -0.15) is 18.3 Å². The predicted molar refractivity (Wildman–Crippen MR) is 85.8 cm³/mol. The van der Waals surface area contributed by atoms with Gasteiger partial charge in [0.2, 0.25) is 0 Å². The number of esters is 1. The van der Waals surface area contributed by atoms with Gasteiger partial charge in [-0.05, 0) is 12.0 Å². The summed E-state index contributed by atoms with van der Waals surface area (Å²) in [7, 11) is 0. The predicted octanol–water partition coefficient (Wildman–Crippen LogP) is 3.40. The number of nitrogens with zero attached hydrogens (tertiary/aromatic N) is 2. The van der Waals surface area contributed by atoms with E-state index in [0.717, 1.165) is 0 Å². The summed E-state index contributed by atoms with van der Waals surface area (Å²) in [5.41, 5.74) is -0.297. The summed E-state index contributed by atoms with van der Waals surface area (Å²) < 4.78 is 42.5. The standard InChI is InChI=1S/C15H14ClF3N4O3/c1-7(2)12-9(5-21-23-12)14(25)26-6-11(24)22-13-10(16)3-8(4-20-13)15(17,18)19/h3-5,7H,6H2,1-2H3,(H,21,23)(H,20,22,24). The molecule has 2 aromatic heterocycles. The van der Waals surface area contributed by atoms with Crippen LogP contribution in [0, 0.1) is 0 Å². The van der Waals surface area contributed by atoms with Crippen molar-refractivity contribution in [3.8, 4) is 0 Å². The van der Waals surface area contributed by atoms with E-state index in [4.69, 9.17) is 16.3 Å². The van der Waals surface area contributed by atoms with E-state index in [-0.39, 0.29) is 17.3 Å². The van der Waals surface area contributed by atoms with Crippen LogP contribution in [-0.4, -0.2) is 33.7 Å². The van der Waals surface area contributed by atoms with E-state index in [9.17, 15) is 22.8 Å². The quantitative estimate of drug-likeness (QED) is 0.763. The van der Waals surface area contributed by atoms with Crippen LogP contribution in [0.2, 0.25) is 5.02 Å². The molecule has 0 unspecified atom stereocenters. The monoisotopic (exact) mass is 390 g/mol. The van der Waals surface area contributed by atoms with Crippen LogP contribution < -0.4 is 5.32 Å². The van der Waals surface area contributed by atoms with Gasteiger partial charge in [-0.1, -0.05) is 25.4 Å². The number of anilines is 1. The number of alkyl halides is 3. The molecule has 0 spiro atoms. The van der Waals surface area contributed by atoms with Crippen molar-refractivity contribution in [3.63, 3.8) is 0 Å². The number of nitrogens with one attached hydrogen (secondary N) is 2. The minimum atomic E-state index is -4.60. The maximum atomic E-state index is 12.5. The first-order valence-corrected chi connectivity index (χ1v) is 7.70. The summed E-state index contributed by atoms with van der Waals surface area (Å²) in [5.74, 6) is -1.85. The first-order valence-electron chi connectivity index (χ1n) is 7.32.